The summed E-state index contributed by atoms with van der Waals surface area (Å²) in [6.07, 6.45) is 1.11. The Hall–Kier alpha value is -4.37. The van der Waals surface area contributed by atoms with Gasteiger partial charge in [-0.2, -0.15) is 0 Å². The summed E-state index contributed by atoms with van der Waals surface area (Å²) < 4.78 is 10.4. The number of unbranched alkanes of at least 4 members (excludes halogenated alkanes) is 1. The van der Waals surface area contributed by atoms with E-state index in [-0.39, 0.29) is 37.8 Å². The third kappa shape index (κ3) is 14.3. The predicted molar refractivity (Wildman–Crippen MR) is 174 cm³/mol. The third-order valence-corrected chi connectivity index (χ3v) is 6.19. The summed E-state index contributed by atoms with van der Waals surface area (Å²) >= 11 is 0. The quantitative estimate of drug-likeness (QED) is 0.0625. The summed E-state index contributed by atoms with van der Waals surface area (Å²) in [4.78, 5) is 67.1. The molecule has 1 heterocycles. The van der Waals surface area contributed by atoms with Gasteiger partial charge in [0.25, 0.3) is 0 Å². The number of carbonyl (C=O) groups excluding carboxylic acids is 4. The molecule has 0 saturated heterocycles. The number of hydrogen-bond donors (Lipinski definition) is 7. The van der Waals surface area contributed by atoms with Crippen LogP contribution >= 0.6 is 12.4 Å². The molecule has 10 N–H and O–H groups in total. The molecule has 0 aliphatic heterocycles. The van der Waals surface area contributed by atoms with E-state index in [9.17, 15) is 24.0 Å². The summed E-state index contributed by atoms with van der Waals surface area (Å²) in [5.74, 6) is -1.87. The Morgan fingerprint density at radius 3 is 2.29 bits per heavy atom. The van der Waals surface area contributed by atoms with E-state index >= 15 is 0 Å². The average molecular weight is 653 g/mol. The molecule has 2 atom stereocenters. The number of anilines is 1. The summed E-state index contributed by atoms with van der Waals surface area (Å²) in [5.41, 5.74) is 16.5. The number of fused-ring (bicyclic) bond motifs is 1. The first-order chi connectivity index (χ1) is 20.7. The van der Waals surface area contributed by atoms with Crippen molar-refractivity contribution in [3.63, 3.8) is 0 Å². The van der Waals surface area contributed by atoms with Gasteiger partial charge in [-0.25, -0.2) is 9.59 Å². The van der Waals surface area contributed by atoms with Crippen LogP contribution in [0.15, 0.2) is 38.5 Å². The van der Waals surface area contributed by atoms with Crippen LogP contribution in [0.2, 0.25) is 0 Å². The molecule has 4 amide bonds. The van der Waals surface area contributed by atoms with Crippen molar-refractivity contribution in [3.8, 4) is 0 Å². The van der Waals surface area contributed by atoms with Gasteiger partial charge in [0.15, 0.2) is 5.96 Å². The largest absolute Gasteiger partial charge is 0.444 e. The van der Waals surface area contributed by atoms with Gasteiger partial charge in [-0.1, -0.05) is 0 Å². The maximum absolute atomic E-state index is 13.4. The highest BCUT2D eigenvalue weighted by molar-refractivity contribution is 5.99. The molecule has 0 aliphatic rings. The second-order valence-electron chi connectivity index (χ2n) is 11.2. The fraction of sp³-hybridized carbons (Fsp3) is 0.517. The molecule has 16 heteroatoms. The summed E-state index contributed by atoms with van der Waals surface area (Å²) in [5, 5.41) is 11.1. The zero-order valence-electron chi connectivity index (χ0n) is 26.1. The number of hydrogen-bond acceptors (Lipinski definition) is 9. The van der Waals surface area contributed by atoms with Gasteiger partial charge < -0.3 is 47.6 Å². The minimum Gasteiger partial charge on any atom is -0.444 e. The van der Waals surface area contributed by atoms with Crippen LogP contribution in [0, 0.1) is 6.92 Å². The second kappa shape index (κ2) is 18.4. The molecule has 45 heavy (non-hydrogen) atoms. The Labute approximate surface area is 267 Å². The molecular weight excluding hydrogens is 608 g/mol. The van der Waals surface area contributed by atoms with Crippen LogP contribution in [-0.4, -0.2) is 67.1 Å². The van der Waals surface area contributed by atoms with E-state index in [1.807, 2.05) is 0 Å². The van der Waals surface area contributed by atoms with Crippen LogP contribution in [-0.2, 0) is 19.1 Å². The van der Waals surface area contributed by atoms with Crippen molar-refractivity contribution in [1.29, 1.82) is 0 Å². The van der Waals surface area contributed by atoms with Gasteiger partial charge in [-0.05, 0) is 84.0 Å². The van der Waals surface area contributed by atoms with Crippen LogP contribution in [0.5, 0.6) is 0 Å². The Bertz CT molecular complexity index is 1400. The number of carbonyl (C=O) groups is 4. The van der Waals surface area contributed by atoms with E-state index in [2.05, 4.69) is 26.3 Å². The highest BCUT2D eigenvalue weighted by atomic mass is 35.5. The number of aryl methyl sites for hydroxylation is 1. The average Bonchev–Trinajstić information content (AvgIpc) is 2.91. The molecule has 0 spiro atoms. The normalized spacial score (nSPS) is 12.2. The SMILES string of the molecule is Cc1cc(=O)oc2cc(NC(=O)C(CCCN=C(N)N)NC(=O)C(CCCCN)NC(=O)CNC(=O)OC(C)(C)C)ccc12.Cl. The van der Waals surface area contributed by atoms with Crippen molar-refractivity contribution < 1.29 is 28.3 Å². The van der Waals surface area contributed by atoms with E-state index in [0.29, 0.717) is 42.5 Å². The molecular formula is C29H45ClN8O7. The first kappa shape index (κ1) is 38.7. The van der Waals surface area contributed by atoms with Crippen molar-refractivity contribution in [2.45, 2.75) is 77.5 Å². The number of halogens is 1. The van der Waals surface area contributed by atoms with Gasteiger partial charge in [-0.3, -0.25) is 19.4 Å². The number of guanidine groups is 1. The Morgan fingerprint density at radius 2 is 1.64 bits per heavy atom. The summed E-state index contributed by atoms with van der Waals surface area (Å²) in [6, 6.07) is 4.21. The van der Waals surface area contributed by atoms with Gasteiger partial charge in [0.05, 0.1) is 0 Å². The zero-order valence-corrected chi connectivity index (χ0v) is 26.9. The molecule has 0 fully saturated rings. The van der Waals surface area contributed by atoms with Crippen LogP contribution in [0.4, 0.5) is 10.5 Å². The lowest BCUT2D eigenvalue weighted by Crippen LogP contribution is -2.54. The molecule has 15 nitrogen and oxygen atoms in total. The molecule has 250 valence electrons. The topological polar surface area (TPSA) is 246 Å². The molecule has 1 aromatic carbocycles. The smallest absolute Gasteiger partial charge is 0.408 e. The fourth-order valence-corrected chi connectivity index (χ4v) is 4.15. The van der Waals surface area contributed by atoms with Gasteiger partial charge in [0.2, 0.25) is 17.7 Å². The molecule has 0 saturated carbocycles. The maximum Gasteiger partial charge on any atom is 0.408 e. The predicted octanol–water partition coefficient (Wildman–Crippen LogP) is 1.14. The fourth-order valence-electron chi connectivity index (χ4n) is 4.15. The Morgan fingerprint density at radius 1 is 0.978 bits per heavy atom. The number of aliphatic imine (C=N–C) groups is 1. The van der Waals surface area contributed by atoms with Crippen molar-refractivity contribution in [3.05, 3.63) is 40.2 Å². The number of nitrogens with one attached hydrogen (secondary N) is 4. The molecule has 0 radical (unpaired) electrons. The molecule has 0 aliphatic carbocycles. The summed E-state index contributed by atoms with van der Waals surface area (Å²) in [7, 11) is 0. The summed E-state index contributed by atoms with van der Waals surface area (Å²) in [6.45, 7) is 7.03. The number of ether oxygens (including phenoxy) is 1. The van der Waals surface area contributed by atoms with Crippen LogP contribution in [0.3, 0.4) is 0 Å². The van der Waals surface area contributed by atoms with Gasteiger partial charge >= 0.3 is 11.7 Å². The van der Waals surface area contributed by atoms with Crippen LogP contribution < -0.4 is 44.1 Å². The minimum absolute atomic E-state index is 0. The van der Waals surface area contributed by atoms with Crippen molar-refractivity contribution in [2.24, 2.45) is 22.2 Å². The van der Waals surface area contributed by atoms with Crippen molar-refractivity contribution >= 4 is 58.8 Å². The lowest BCUT2D eigenvalue weighted by molar-refractivity contribution is -0.131. The highest BCUT2D eigenvalue weighted by Crippen LogP contribution is 2.21. The Balaban J connectivity index is 0.0000101. The maximum atomic E-state index is 13.4. The first-order valence-electron chi connectivity index (χ1n) is 14.4. The van der Waals surface area contributed by atoms with Gasteiger partial charge in [0, 0.05) is 29.8 Å². The van der Waals surface area contributed by atoms with Crippen molar-refractivity contribution in [1.82, 2.24) is 16.0 Å². The molecule has 0 bridgehead atoms. The first-order valence-corrected chi connectivity index (χ1v) is 14.4. The van der Waals surface area contributed by atoms with E-state index in [0.717, 1.165) is 5.56 Å². The van der Waals surface area contributed by atoms with Gasteiger partial charge in [-0.15, -0.1) is 12.4 Å². The molecule has 1 aromatic heterocycles. The number of alkyl carbamates (subject to hydrolysis) is 1. The van der Waals surface area contributed by atoms with Crippen LogP contribution in [0.1, 0.15) is 58.4 Å². The number of nitrogens with two attached hydrogens (primary N) is 3. The lowest BCUT2D eigenvalue weighted by atomic mass is 10.1. The zero-order chi connectivity index (χ0) is 32.9. The van der Waals surface area contributed by atoms with Crippen molar-refractivity contribution in [2.75, 3.05) is 25.0 Å². The number of amides is 4. The van der Waals surface area contributed by atoms with E-state index in [1.54, 1.807) is 39.8 Å². The second-order valence-corrected chi connectivity index (χ2v) is 11.2. The van der Waals surface area contributed by atoms with Gasteiger partial charge in [0.1, 0.15) is 29.8 Å². The van der Waals surface area contributed by atoms with E-state index in [4.69, 9.17) is 26.4 Å². The molecule has 2 rings (SSSR count). The third-order valence-electron chi connectivity index (χ3n) is 6.19. The van der Waals surface area contributed by atoms with Crippen LogP contribution in [0.25, 0.3) is 11.0 Å². The number of rotatable bonds is 15. The molecule has 2 unspecified atom stereocenters. The molecule has 2 aromatic rings. The minimum atomic E-state index is -1.04. The highest BCUT2D eigenvalue weighted by Gasteiger charge is 2.27. The monoisotopic (exact) mass is 652 g/mol. The van der Waals surface area contributed by atoms with E-state index in [1.165, 1.54) is 12.1 Å². The lowest BCUT2D eigenvalue weighted by Gasteiger charge is -2.24. The number of benzene rings is 1. The Kier molecular flexibility index (Phi) is 15.8. The number of nitrogens with zero attached hydrogens (tertiary/aromatic N) is 1. The standard InChI is InChI=1S/C29H44N8O7.ClH/c1-17-14-24(39)43-22-15-18(10-11-19(17)22)35-25(40)21(9-7-13-33-27(31)32)37-26(41)20(8-5-6-12-30)36-23(38)16-34-28(42)44-29(2,3)4;/h10-11,14-15,20-21H,5-9,12-13,16,30H2,1-4H3,(H,34,42)(H,35,40)(H,36,38)(H,37,41)(H4,31,32,33);1H. The van der Waals surface area contributed by atoms with E-state index < -0.39 is 53.7 Å².